The van der Waals surface area contributed by atoms with E-state index < -0.39 is 19.1 Å². The molecule has 19 heavy (non-hydrogen) atoms. The molecular formula is C12H19BrF2N2O2. The number of alkyl halides is 2. The lowest BCUT2D eigenvalue weighted by molar-refractivity contribution is 0.00493. The first kappa shape index (κ1) is 16.5. The summed E-state index contributed by atoms with van der Waals surface area (Å²) in [7, 11) is 0. The summed E-state index contributed by atoms with van der Waals surface area (Å²) in [6.07, 6.45) is -2.34. The van der Waals surface area contributed by atoms with Crippen molar-refractivity contribution < 1.29 is 18.6 Å². The first-order valence-electron chi connectivity index (χ1n) is 6.21. The van der Waals surface area contributed by atoms with Crippen molar-refractivity contribution in [2.75, 3.05) is 13.2 Å². The molecule has 0 spiro atoms. The number of aromatic nitrogens is 2. The number of aliphatic hydroxyl groups is 1. The summed E-state index contributed by atoms with van der Waals surface area (Å²) < 4.78 is 31.2. The van der Waals surface area contributed by atoms with E-state index in [9.17, 15) is 13.9 Å². The molecule has 0 aliphatic heterocycles. The fourth-order valence-electron chi connectivity index (χ4n) is 1.78. The maximum Gasteiger partial charge on any atom is 0.261 e. The molecule has 0 bridgehead atoms. The molecule has 1 N–H and O–H groups in total. The van der Waals surface area contributed by atoms with Crippen LogP contribution in [0.2, 0.25) is 0 Å². The Hall–Kier alpha value is -0.530. The first-order valence-corrected chi connectivity index (χ1v) is 7.00. The third-order valence-corrected chi connectivity index (χ3v) is 3.75. The second-order valence-corrected chi connectivity index (χ2v) is 5.07. The van der Waals surface area contributed by atoms with Gasteiger partial charge in [-0.2, -0.15) is 5.10 Å². The molecule has 1 atom stereocenters. The van der Waals surface area contributed by atoms with Gasteiger partial charge in [-0.25, -0.2) is 8.78 Å². The topological polar surface area (TPSA) is 47.3 Å². The molecule has 0 saturated carbocycles. The Morgan fingerprint density at radius 1 is 1.47 bits per heavy atom. The van der Waals surface area contributed by atoms with Crippen LogP contribution in [-0.2, 0) is 17.7 Å². The summed E-state index contributed by atoms with van der Waals surface area (Å²) in [6.45, 7) is 4.12. The van der Waals surface area contributed by atoms with E-state index in [0.717, 1.165) is 22.4 Å². The highest BCUT2D eigenvalue weighted by atomic mass is 79.9. The molecule has 1 aromatic heterocycles. The molecule has 4 nitrogen and oxygen atoms in total. The second kappa shape index (κ2) is 7.91. The Morgan fingerprint density at radius 2 is 2.16 bits per heavy atom. The molecular weight excluding hydrogens is 322 g/mol. The van der Waals surface area contributed by atoms with Crippen molar-refractivity contribution in [1.82, 2.24) is 9.78 Å². The predicted octanol–water partition coefficient (Wildman–Crippen LogP) is 2.55. The lowest BCUT2D eigenvalue weighted by Crippen LogP contribution is -2.18. The molecule has 0 amide bonds. The SMILES string of the molecule is CCn1nc(C)c(Br)c1CC(O)CCOCC(F)F. The molecule has 0 aliphatic carbocycles. The van der Waals surface area contributed by atoms with Crippen molar-refractivity contribution in [3.8, 4) is 0 Å². The zero-order valence-corrected chi connectivity index (χ0v) is 12.7. The fourth-order valence-corrected chi connectivity index (χ4v) is 2.23. The highest BCUT2D eigenvalue weighted by Gasteiger charge is 2.16. The molecule has 0 saturated heterocycles. The maximum atomic E-state index is 11.9. The molecule has 7 heteroatoms. The van der Waals surface area contributed by atoms with Crippen LogP contribution in [0.5, 0.6) is 0 Å². The van der Waals surface area contributed by atoms with E-state index in [1.54, 1.807) is 0 Å². The van der Waals surface area contributed by atoms with Crippen molar-refractivity contribution in [3.63, 3.8) is 0 Å². The van der Waals surface area contributed by atoms with Crippen LogP contribution in [0.15, 0.2) is 4.47 Å². The monoisotopic (exact) mass is 340 g/mol. The van der Waals surface area contributed by atoms with E-state index in [1.807, 2.05) is 18.5 Å². The minimum atomic E-state index is -2.46. The Morgan fingerprint density at radius 3 is 2.74 bits per heavy atom. The summed E-state index contributed by atoms with van der Waals surface area (Å²) in [5, 5.41) is 14.2. The first-order chi connectivity index (χ1) is 8.95. The van der Waals surface area contributed by atoms with E-state index in [-0.39, 0.29) is 6.61 Å². The van der Waals surface area contributed by atoms with Gasteiger partial charge >= 0.3 is 0 Å². The van der Waals surface area contributed by atoms with Crippen LogP contribution < -0.4 is 0 Å². The molecule has 1 heterocycles. The Labute approximate surface area is 119 Å². The van der Waals surface area contributed by atoms with Crippen LogP contribution >= 0.6 is 15.9 Å². The minimum Gasteiger partial charge on any atom is -0.393 e. The second-order valence-electron chi connectivity index (χ2n) is 4.27. The van der Waals surface area contributed by atoms with E-state index in [1.165, 1.54) is 0 Å². The Bertz CT molecular complexity index is 399. The molecule has 1 rings (SSSR count). The van der Waals surface area contributed by atoms with Gasteiger partial charge in [-0.15, -0.1) is 0 Å². The Balaban J connectivity index is 2.46. The van der Waals surface area contributed by atoms with Crippen LogP contribution in [0.25, 0.3) is 0 Å². The Kier molecular flexibility index (Phi) is 6.88. The molecule has 0 fully saturated rings. The summed E-state index contributed by atoms with van der Waals surface area (Å²) in [5.41, 5.74) is 1.79. The van der Waals surface area contributed by atoms with Gasteiger partial charge in [-0.05, 0) is 36.2 Å². The third kappa shape index (κ3) is 5.16. The maximum absolute atomic E-state index is 11.9. The molecule has 0 aromatic carbocycles. The molecule has 110 valence electrons. The van der Waals surface area contributed by atoms with E-state index in [4.69, 9.17) is 4.74 Å². The summed E-state index contributed by atoms with van der Waals surface area (Å²) in [5.74, 6) is 0. The standard InChI is InChI=1S/C12H19BrF2N2O2/c1-3-17-10(12(13)8(2)16-17)6-9(18)4-5-19-7-11(14)15/h9,11,18H,3-7H2,1-2H3. The van der Waals surface area contributed by atoms with E-state index in [2.05, 4.69) is 21.0 Å². The van der Waals surface area contributed by atoms with Gasteiger partial charge in [0.25, 0.3) is 6.43 Å². The van der Waals surface area contributed by atoms with Gasteiger partial charge in [-0.3, -0.25) is 4.68 Å². The predicted molar refractivity (Wildman–Crippen MR) is 71.5 cm³/mol. The van der Waals surface area contributed by atoms with Crippen molar-refractivity contribution in [2.45, 2.75) is 45.8 Å². The zero-order valence-electron chi connectivity index (χ0n) is 11.1. The van der Waals surface area contributed by atoms with Crippen molar-refractivity contribution in [3.05, 3.63) is 15.9 Å². The molecule has 0 aliphatic rings. The largest absolute Gasteiger partial charge is 0.393 e. The number of hydrogen-bond acceptors (Lipinski definition) is 3. The number of aliphatic hydroxyl groups excluding tert-OH is 1. The lowest BCUT2D eigenvalue weighted by atomic mass is 10.1. The quantitative estimate of drug-likeness (QED) is 0.740. The molecule has 0 radical (unpaired) electrons. The average Bonchev–Trinajstić information content (AvgIpc) is 2.62. The van der Waals surface area contributed by atoms with Gasteiger partial charge in [-0.1, -0.05) is 0 Å². The van der Waals surface area contributed by atoms with Gasteiger partial charge in [0.1, 0.15) is 6.61 Å². The summed E-state index contributed by atoms with van der Waals surface area (Å²) >= 11 is 3.45. The van der Waals surface area contributed by atoms with Gasteiger partial charge in [0.15, 0.2) is 0 Å². The van der Waals surface area contributed by atoms with Gasteiger partial charge in [0.05, 0.1) is 22.0 Å². The zero-order chi connectivity index (χ0) is 14.4. The highest BCUT2D eigenvalue weighted by molar-refractivity contribution is 9.10. The van der Waals surface area contributed by atoms with Crippen molar-refractivity contribution in [1.29, 1.82) is 0 Å². The number of halogens is 3. The number of ether oxygens (including phenoxy) is 1. The van der Waals surface area contributed by atoms with Crippen LogP contribution in [0, 0.1) is 6.92 Å². The van der Waals surface area contributed by atoms with E-state index in [0.29, 0.717) is 12.8 Å². The number of hydrogen-bond donors (Lipinski definition) is 1. The average molecular weight is 341 g/mol. The lowest BCUT2D eigenvalue weighted by Gasteiger charge is -2.12. The molecule has 1 unspecified atom stereocenters. The van der Waals surface area contributed by atoms with Crippen LogP contribution in [0.3, 0.4) is 0 Å². The normalized spacial score (nSPS) is 13.2. The van der Waals surface area contributed by atoms with Crippen LogP contribution in [0.1, 0.15) is 24.7 Å². The van der Waals surface area contributed by atoms with E-state index >= 15 is 0 Å². The summed E-state index contributed by atoms with van der Waals surface area (Å²) in [6, 6.07) is 0. The number of aryl methyl sites for hydroxylation is 2. The summed E-state index contributed by atoms with van der Waals surface area (Å²) in [4.78, 5) is 0. The van der Waals surface area contributed by atoms with Gasteiger partial charge in [0.2, 0.25) is 0 Å². The highest BCUT2D eigenvalue weighted by Crippen LogP contribution is 2.22. The fraction of sp³-hybridized carbons (Fsp3) is 0.750. The number of nitrogens with zero attached hydrogens (tertiary/aromatic N) is 2. The molecule has 1 aromatic rings. The van der Waals surface area contributed by atoms with Crippen LogP contribution in [0.4, 0.5) is 8.78 Å². The smallest absolute Gasteiger partial charge is 0.261 e. The minimum absolute atomic E-state index is 0.127. The number of rotatable bonds is 8. The van der Waals surface area contributed by atoms with Crippen molar-refractivity contribution >= 4 is 15.9 Å². The third-order valence-electron chi connectivity index (χ3n) is 2.72. The van der Waals surface area contributed by atoms with Gasteiger partial charge in [0, 0.05) is 19.6 Å². The van der Waals surface area contributed by atoms with Crippen LogP contribution in [-0.4, -0.2) is 40.6 Å². The van der Waals surface area contributed by atoms with Gasteiger partial charge < -0.3 is 9.84 Å². The van der Waals surface area contributed by atoms with Crippen molar-refractivity contribution in [2.24, 2.45) is 0 Å².